The summed E-state index contributed by atoms with van der Waals surface area (Å²) in [6.45, 7) is 2.55. The molecule has 0 unspecified atom stereocenters. The number of para-hydroxylation sites is 1. The SMILES string of the molecule is Cc1c(/C=C/c2nc(O)c([N+](=O)[O-])c(=O)[nH]2)c2ccccc2n1Cc1ccccc1Cl. The summed E-state index contributed by atoms with van der Waals surface area (Å²) in [6.07, 6.45) is 3.25. The first-order valence-corrected chi connectivity index (χ1v) is 9.71. The number of hydrogen-bond acceptors (Lipinski definition) is 5. The van der Waals surface area contributed by atoms with Crippen LogP contribution in [0.2, 0.25) is 5.02 Å². The minimum atomic E-state index is -1.02. The minimum absolute atomic E-state index is 0.00966. The van der Waals surface area contributed by atoms with Crippen LogP contribution >= 0.6 is 11.6 Å². The lowest BCUT2D eigenvalue weighted by Gasteiger charge is -2.10. The van der Waals surface area contributed by atoms with Crippen LogP contribution in [-0.4, -0.2) is 24.6 Å². The Hall–Kier alpha value is -3.91. The van der Waals surface area contributed by atoms with Gasteiger partial charge in [-0.25, -0.2) is 0 Å². The van der Waals surface area contributed by atoms with Crippen LogP contribution in [0.25, 0.3) is 23.1 Å². The molecule has 9 heteroatoms. The largest absolute Gasteiger partial charge is 0.488 e. The van der Waals surface area contributed by atoms with Crippen LogP contribution in [0.1, 0.15) is 22.6 Å². The van der Waals surface area contributed by atoms with Gasteiger partial charge in [-0.3, -0.25) is 14.9 Å². The molecular weight excluding hydrogens is 420 g/mol. The smallest absolute Gasteiger partial charge is 0.395 e. The first-order chi connectivity index (χ1) is 14.9. The van der Waals surface area contributed by atoms with Crippen molar-refractivity contribution in [2.45, 2.75) is 13.5 Å². The van der Waals surface area contributed by atoms with Crippen LogP contribution in [-0.2, 0) is 6.54 Å². The fourth-order valence-electron chi connectivity index (χ4n) is 3.55. The number of aromatic hydroxyl groups is 1. The van der Waals surface area contributed by atoms with Gasteiger partial charge in [0.05, 0.1) is 4.92 Å². The van der Waals surface area contributed by atoms with Gasteiger partial charge in [-0.2, -0.15) is 4.98 Å². The molecule has 0 saturated carbocycles. The molecule has 8 nitrogen and oxygen atoms in total. The van der Waals surface area contributed by atoms with E-state index >= 15 is 0 Å². The zero-order valence-electron chi connectivity index (χ0n) is 16.4. The molecule has 2 aromatic carbocycles. The van der Waals surface area contributed by atoms with Crippen molar-refractivity contribution in [2.75, 3.05) is 0 Å². The fourth-order valence-corrected chi connectivity index (χ4v) is 3.74. The molecule has 0 aliphatic heterocycles. The van der Waals surface area contributed by atoms with Crippen molar-refractivity contribution in [2.24, 2.45) is 0 Å². The lowest BCUT2D eigenvalue weighted by atomic mass is 10.1. The molecule has 0 bridgehead atoms. The Morgan fingerprint density at radius 2 is 1.90 bits per heavy atom. The number of nitrogens with zero attached hydrogens (tertiary/aromatic N) is 3. The Balaban J connectivity index is 1.79. The summed E-state index contributed by atoms with van der Waals surface area (Å²) < 4.78 is 2.14. The van der Waals surface area contributed by atoms with Gasteiger partial charge in [0.1, 0.15) is 5.82 Å². The number of benzene rings is 2. The third-order valence-electron chi connectivity index (χ3n) is 5.05. The molecule has 4 rings (SSSR count). The van der Waals surface area contributed by atoms with E-state index in [4.69, 9.17) is 11.6 Å². The molecule has 0 spiro atoms. The average Bonchev–Trinajstić information content (AvgIpc) is 2.98. The van der Waals surface area contributed by atoms with Gasteiger partial charge in [0, 0.05) is 33.7 Å². The number of aromatic amines is 1. The number of fused-ring (bicyclic) bond motifs is 1. The molecule has 156 valence electrons. The number of rotatable bonds is 5. The zero-order valence-corrected chi connectivity index (χ0v) is 17.1. The highest BCUT2D eigenvalue weighted by molar-refractivity contribution is 6.31. The van der Waals surface area contributed by atoms with Gasteiger partial charge in [0.2, 0.25) is 0 Å². The Morgan fingerprint density at radius 1 is 1.19 bits per heavy atom. The molecule has 0 aliphatic carbocycles. The van der Waals surface area contributed by atoms with Crippen LogP contribution in [0.3, 0.4) is 0 Å². The maximum Gasteiger partial charge on any atom is 0.395 e. The van der Waals surface area contributed by atoms with Gasteiger partial charge in [0.25, 0.3) is 5.88 Å². The van der Waals surface area contributed by atoms with E-state index in [0.29, 0.717) is 11.6 Å². The van der Waals surface area contributed by atoms with E-state index in [9.17, 15) is 20.0 Å². The molecule has 2 N–H and O–H groups in total. The van der Waals surface area contributed by atoms with E-state index in [2.05, 4.69) is 14.5 Å². The summed E-state index contributed by atoms with van der Waals surface area (Å²) in [5.41, 5.74) is 1.84. The van der Waals surface area contributed by atoms with Gasteiger partial charge in [-0.05, 0) is 36.8 Å². The van der Waals surface area contributed by atoms with Crippen LogP contribution < -0.4 is 5.56 Å². The summed E-state index contributed by atoms with van der Waals surface area (Å²) in [6, 6.07) is 15.5. The predicted octanol–water partition coefficient (Wildman–Crippen LogP) is 4.52. The van der Waals surface area contributed by atoms with E-state index in [1.807, 2.05) is 55.5 Å². The fraction of sp³-hybridized carbons (Fsp3) is 0.0909. The molecule has 0 radical (unpaired) electrons. The highest BCUT2D eigenvalue weighted by Gasteiger charge is 2.21. The number of aromatic nitrogens is 3. The Kier molecular flexibility index (Phi) is 5.31. The van der Waals surface area contributed by atoms with Gasteiger partial charge < -0.3 is 14.7 Å². The van der Waals surface area contributed by atoms with Crippen molar-refractivity contribution in [3.05, 3.63) is 96.7 Å². The molecule has 0 saturated heterocycles. The van der Waals surface area contributed by atoms with E-state index in [1.54, 1.807) is 6.08 Å². The van der Waals surface area contributed by atoms with Gasteiger partial charge >= 0.3 is 11.2 Å². The minimum Gasteiger partial charge on any atom is -0.488 e. The molecular formula is C22H17ClN4O4. The van der Waals surface area contributed by atoms with E-state index < -0.39 is 22.0 Å². The Bertz CT molecular complexity index is 1400. The van der Waals surface area contributed by atoms with Crippen molar-refractivity contribution < 1.29 is 10.0 Å². The quantitative estimate of drug-likeness (QED) is 0.352. The van der Waals surface area contributed by atoms with Gasteiger partial charge in [0.15, 0.2) is 0 Å². The standard InChI is InChI=1S/C22H17ClN4O4/c1-13-15(10-11-19-24-21(28)20(27(30)31)22(29)25-19)16-7-3-5-9-18(16)26(13)12-14-6-2-4-8-17(14)23/h2-11H,12H2,1H3,(H2,24,25,28,29)/b11-10+. The monoisotopic (exact) mass is 436 g/mol. The van der Waals surface area contributed by atoms with Crippen molar-refractivity contribution >= 4 is 40.3 Å². The summed E-state index contributed by atoms with van der Waals surface area (Å²) in [7, 11) is 0. The van der Waals surface area contributed by atoms with Crippen LogP contribution in [0.4, 0.5) is 5.69 Å². The van der Waals surface area contributed by atoms with Crippen molar-refractivity contribution in [1.82, 2.24) is 14.5 Å². The zero-order chi connectivity index (χ0) is 22.1. The van der Waals surface area contributed by atoms with Crippen molar-refractivity contribution in [1.29, 1.82) is 0 Å². The number of nitro groups is 1. The maximum atomic E-state index is 11.9. The third kappa shape index (κ3) is 3.80. The predicted molar refractivity (Wildman–Crippen MR) is 119 cm³/mol. The summed E-state index contributed by atoms with van der Waals surface area (Å²) in [4.78, 5) is 27.8. The van der Waals surface area contributed by atoms with E-state index in [0.717, 1.165) is 27.7 Å². The number of hydrogen-bond donors (Lipinski definition) is 2. The lowest BCUT2D eigenvalue weighted by Crippen LogP contribution is -2.14. The molecule has 2 aromatic heterocycles. The second-order valence-electron chi connectivity index (χ2n) is 6.91. The topological polar surface area (TPSA) is 114 Å². The van der Waals surface area contributed by atoms with Gasteiger partial charge in [-0.1, -0.05) is 48.0 Å². The molecule has 0 fully saturated rings. The van der Waals surface area contributed by atoms with Crippen molar-refractivity contribution in [3.63, 3.8) is 0 Å². The Morgan fingerprint density at radius 3 is 2.61 bits per heavy atom. The first kappa shape index (κ1) is 20.4. The molecule has 4 aromatic rings. The molecule has 2 heterocycles. The second-order valence-corrected chi connectivity index (χ2v) is 7.31. The van der Waals surface area contributed by atoms with Crippen LogP contribution in [0, 0.1) is 17.0 Å². The normalized spacial score (nSPS) is 11.4. The summed E-state index contributed by atoms with van der Waals surface area (Å²) >= 11 is 6.35. The van der Waals surface area contributed by atoms with E-state index in [-0.39, 0.29) is 5.82 Å². The molecule has 0 aliphatic rings. The summed E-state index contributed by atoms with van der Waals surface area (Å²) in [5, 5.41) is 22.3. The van der Waals surface area contributed by atoms with Crippen molar-refractivity contribution in [3.8, 4) is 5.88 Å². The maximum absolute atomic E-state index is 11.9. The highest BCUT2D eigenvalue weighted by atomic mass is 35.5. The number of halogens is 1. The lowest BCUT2D eigenvalue weighted by molar-refractivity contribution is -0.387. The molecule has 31 heavy (non-hydrogen) atoms. The second kappa shape index (κ2) is 8.08. The van der Waals surface area contributed by atoms with Crippen LogP contribution in [0.15, 0.2) is 53.3 Å². The first-order valence-electron chi connectivity index (χ1n) is 9.34. The average molecular weight is 437 g/mol. The molecule has 0 amide bonds. The number of H-pyrrole nitrogens is 1. The van der Waals surface area contributed by atoms with Crippen LogP contribution in [0.5, 0.6) is 5.88 Å². The molecule has 0 atom stereocenters. The summed E-state index contributed by atoms with van der Waals surface area (Å²) in [5.74, 6) is -0.915. The van der Waals surface area contributed by atoms with Gasteiger partial charge in [-0.15, -0.1) is 0 Å². The highest BCUT2D eigenvalue weighted by Crippen LogP contribution is 2.29. The van der Waals surface area contributed by atoms with E-state index in [1.165, 1.54) is 6.08 Å². The number of nitrogens with one attached hydrogen (secondary N) is 1. The third-order valence-corrected chi connectivity index (χ3v) is 5.42. The Labute approximate surface area is 181 Å².